The summed E-state index contributed by atoms with van der Waals surface area (Å²) in [5.41, 5.74) is 7.81. The van der Waals surface area contributed by atoms with Crippen molar-refractivity contribution in [2.24, 2.45) is 5.73 Å². The molecule has 0 spiro atoms. The summed E-state index contributed by atoms with van der Waals surface area (Å²) < 4.78 is 2.04. The van der Waals surface area contributed by atoms with Crippen molar-refractivity contribution >= 4 is 22.5 Å². The van der Waals surface area contributed by atoms with Crippen molar-refractivity contribution in [1.82, 2.24) is 9.78 Å². The number of aromatic nitrogens is 2. The molecule has 2 N–H and O–H groups in total. The van der Waals surface area contributed by atoms with Crippen LogP contribution in [0.25, 0.3) is 10.9 Å². The van der Waals surface area contributed by atoms with E-state index in [0.29, 0.717) is 12.6 Å². The van der Waals surface area contributed by atoms with Crippen LogP contribution >= 0.6 is 11.6 Å². The molecule has 3 nitrogen and oxygen atoms in total. The van der Waals surface area contributed by atoms with Gasteiger partial charge in [0.2, 0.25) is 0 Å². The molecule has 0 amide bonds. The number of halogens is 1. The minimum atomic E-state index is 0.340. The van der Waals surface area contributed by atoms with Crippen LogP contribution in [0.5, 0.6) is 0 Å². The Labute approximate surface area is 100 Å². The smallest absolute Gasteiger partial charge is 0.0927 e. The standard InChI is InChI=1S/C12H16ClN3/c1-8(2)16-12(5-6-14)10-7-9(13)3-4-11(10)15-16/h3-4,7-8H,5-6,14H2,1-2H3. The maximum atomic E-state index is 6.01. The lowest BCUT2D eigenvalue weighted by Crippen LogP contribution is -2.12. The van der Waals surface area contributed by atoms with Crippen molar-refractivity contribution < 1.29 is 0 Å². The Morgan fingerprint density at radius 2 is 2.19 bits per heavy atom. The third-order valence-corrected chi connectivity index (χ3v) is 2.87. The minimum absolute atomic E-state index is 0.340. The van der Waals surface area contributed by atoms with Gasteiger partial charge in [-0.3, -0.25) is 4.68 Å². The molecule has 0 aliphatic carbocycles. The number of nitrogens with two attached hydrogens (primary N) is 1. The molecule has 86 valence electrons. The van der Waals surface area contributed by atoms with Crippen LogP contribution in [-0.4, -0.2) is 16.3 Å². The van der Waals surface area contributed by atoms with Gasteiger partial charge in [0.25, 0.3) is 0 Å². The number of benzene rings is 1. The lowest BCUT2D eigenvalue weighted by atomic mass is 10.1. The quantitative estimate of drug-likeness (QED) is 0.892. The predicted molar refractivity (Wildman–Crippen MR) is 67.9 cm³/mol. The molecule has 2 aromatic rings. The first kappa shape index (κ1) is 11.4. The second-order valence-corrected chi connectivity index (χ2v) is 4.62. The fraction of sp³-hybridized carbons (Fsp3) is 0.417. The SMILES string of the molecule is CC(C)n1nc2ccc(Cl)cc2c1CCN. The van der Waals surface area contributed by atoms with Crippen molar-refractivity contribution in [2.45, 2.75) is 26.3 Å². The molecule has 1 aromatic carbocycles. The predicted octanol–water partition coefficient (Wildman–Crippen LogP) is 2.77. The fourth-order valence-electron chi connectivity index (χ4n) is 1.94. The molecule has 0 saturated heterocycles. The first-order valence-corrected chi connectivity index (χ1v) is 5.88. The highest BCUT2D eigenvalue weighted by Gasteiger charge is 2.12. The second-order valence-electron chi connectivity index (χ2n) is 4.19. The average Bonchev–Trinajstić information content (AvgIpc) is 2.58. The summed E-state index contributed by atoms with van der Waals surface area (Å²) in [6.07, 6.45) is 0.828. The molecule has 2 rings (SSSR count). The molecule has 0 aliphatic rings. The van der Waals surface area contributed by atoms with Gasteiger partial charge in [0, 0.05) is 28.6 Å². The van der Waals surface area contributed by atoms with Crippen LogP contribution in [0.2, 0.25) is 5.02 Å². The first-order chi connectivity index (χ1) is 7.63. The van der Waals surface area contributed by atoms with Crippen LogP contribution in [0.3, 0.4) is 0 Å². The zero-order valence-corrected chi connectivity index (χ0v) is 10.3. The summed E-state index contributed by atoms with van der Waals surface area (Å²) in [6, 6.07) is 6.13. The van der Waals surface area contributed by atoms with E-state index in [1.807, 2.05) is 22.9 Å². The minimum Gasteiger partial charge on any atom is -0.330 e. The van der Waals surface area contributed by atoms with Crippen molar-refractivity contribution in [1.29, 1.82) is 0 Å². The van der Waals surface area contributed by atoms with Crippen LogP contribution in [0.1, 0.15) is 25.6 Å². The molecule has 0 aliphatic heterocycles. The molecule has 16 heavy (non-hydrogen) atoms. The highest BCUT2D eigenvalue weighted by molar-refractivity contribution is 6.31. The van der Waals surface area contributed by atoms with Gasteiger partial charge < -0.3 is 5.73 Å². The number of fused-ring (bicyclic) bond motifs is 1. The largest absolute Gasteiger partial charge is 0.330 e. The molecule has 4 heteroatoms. The van der Waals surface area contributed by atoms with Gasteiger partial charge in [0.05, 0.1) is 5.52 Å². The molecule has 0 saturated carbocycles. The van der Waals surface area contributed by atoms with Crippen molar-refractivity contribution in [3.05, 3.63) is 28.9 Å². The Balaban J connectivity index is 2.67. The van der Waals surface area contributed by atoms with Crippen LogP contribution in [0, 0.1) is 0 Å². The van der Waals surface area contributed by atoms with E-state index in [0.717, 1.165) is 22.3 Å². The molecule has 1 aromatic heterocycles. The van der Waals surface area contributed by atoms with Gasteiger partial charge in [0.15, 0.2) is 0 Å². The Bertz CT molecular complexity index is 502. The molecular formula is C12H16ClN3. The maximum Gasteiger partial charge on any atom is 0.0927 e. The van der Waals surface area contributed by atoms with E-state index >= 15 is 0 Å². The second kappa shape index (κ2) is 4.44. The highest BCUT2D eigenvalue weighted by atomic mass is 35.5. The Kier molecular flexibility index (Phi) is 3.17. The Hall–Kier alpha value is -1.06. The number of hydrogen-bond donors (Lipinski definition) is 1. The van der Waals surface area contributed by atoms with Gasteiger partial charge in [-0.1, -0.05) is 11.6 Å². The number of nitrogens with zero attached hydrogens (tertiary/aromatic N) is 2. The lowest BCUT2D eigenvalue weighted by Gasteiger charge is -2.10. The van der Waals surface area contributed by atoms with Gasteiger partial charge in [-0.15, -0.1) is 0 Å². The Morgan fingerprint density at radius 3 is 2.81 bits per heavy atom. The monoisotopic (exact) mass is 237 g/mol. The first-order valence-electron chi connectivity index (χ1n) is 5.50. The normalized spacial score (nSPS) is 11.6. The van der Waals surface area contributed by atoms with E-state index in [4.69, 9.17) is 17.3 Å². The molecule has 0 fully saturated rings. The van der Waals surface area contributed by atoms with E-state index in [1.165, 1.54) is 5.69 Å². The summed E-state index contributed by atoms with van der Waals surface area (Å²) in [4.78, 5) is 0. The van der Waals surface area contributed by atoms with Crippen molar-refractivity contribution in [3.8, 4) is 0 Å². The van der Waals surface area contributed by atoms with Crippen LogP contribution in [-0.2, 0) is 6.42 Å². The average molecular weight is 238 g/mol. The molecule has 0 atom stereocenters. The summed E-state index contributed by atoms with van der Waals surface area (Å²) in [5.74, 6) is 0. The van der Waals surface area contributed by atoms with Crippen molar-refractivity contribution in [3.63, 3.8) is 0 Å². The molecular weight excluding hydrogens is 222 g/mol. The number of hydrogen-bond acceptors (Lipinski definition) is 2. The molecule has 1 heterocycles. The summed E-state index contributed by atoms with van der Waals surface area (Å²) >= 11 is 6.01. The third kappa shape index (κ3) is 1.93. The van der Waals surface area contributed by atoms with E-state index < -0.39 is 0 Å². The Morgan fingerprint density at radius 1 is 1.44 bits per heavy atom. The summed E-state index contributed by atoms with van der Waals surface area (Å²) in [5, 5.41) is 6.44. The zero-order valence-electron chi connectivity index (χ0n) is 9.57. The zero-order chi connectivity index (χ0) is 11.7. The third-order valence-electron chi connectivity index (χ3n) is 2.63. The van der Waals surface area contributed by atoms with E-state index in [9.17, 15) is 0 Å². The van der Waals surface area contributed by atoms with E-state index in [2.05, 4.69) is 18.9 Å². The van der Waals surface area contributed by atoms with E-state index in [1.54, 1.807) is 0 Å². The molecule has 0 radical (unpaired) electrons. The van der Waals surface area contributed by atoms with Gasteiger partial charge in [-0.05, 0) is 38.6 Å². The van der Waals surface area contributed by atoms with Gasteiger partial charge in [-0.25, -0.2) is 0 Å². The maximum absolute atomic E-state index is 6.01. The van der Waals surface area contributed by atoms with Crippen molar-refractivity contribution in [2.75, 3.05) is 6.54 Å². The summed E-state index contributed by atoms with van der Waals surface area (Å²) in [7, 11) is 0. The van der Waals surface area contributed by atoms with E-state index in [-0.39, 0.29) is 0 Å². The van der Waals surface area contributed by atoms with Gasteiger partial charge in [0.1, 0.15) is 0 Å². The van der Waals surface area contributed by atoms with Crippen LogP contribution in [0.4, 0.5) is 0 Å². The lowest BCUT2D eigenvalue weighted by molar-refractivity contribution is 0.514. The van der Waals surface area contributed by atoms with Gasteiger partial charge >= 0.3 is 0 Å². The number of rotatable bonds is 3. The highest BCUT2D eigenvalue weighted by Crippen LogP contribution is 2.24. The topological polar surface area (TPSA) is 43.8 Å². The molecule has 0 unspecified atom stereocenters. The fourth-order valence-corrected chi connectivity index (χ4v) is 2.11. The van der Waals surface area contributed by atoms with Crippen LogP contribution < -0.4 is 5.73 Å². The molecule has 0 bridgehead atoms. The van der Waals surface area contributed by atoms with Gasteiger partial charge in [-0.2, -0.15) is 5.10 Å². The summed E-state index contributed by atoms with van der Waals surface area (Å²) in [6.45, 7) is 4.86. The van der Waals surface area contributed by atoms with Crippen LogP contribution in [0.15, 0.2) is 18.2 Å².